The molecule has 3 aromatic rings. The van der Waals surface area contributed by atoms with Crippen molar-refractivity contribution in [3.63, 3.8) is 0 Å². The lowest BCUT2D eigenvalue weighted by atomic mass is 9.84. The zero-order chi connectivity index (χ0) is 30.5. The third-order valence-electron chi connectivity index (χ3n) is 6.86. The minimum atomic E-state index is -1.15. The molecule has 0 spiro atoms. The van der Waals surface area contributed by atoms with Crippen LogP contribution in [0.25, 0.3) is 0 Å². The van der Waals surface area contributed by atoms with Gasteiger partial charge in [0.2, 0.25) is 5.91 Å². The minimum absolute atomic E-state index is 0.0707. The number of hydrogen-bond donors (Lipinski definition) is 1. The molecule has 1 fully saturated rings. The maximum atomic E-state index is 13.5. The summed E-state index contributed by atoms with van der Waals surface area (Å²) in [4.78, 5) is 41.5. The van der Waals surface area contributed by atoms with Crippen LogP contribution in [0.3, 0.4) is 0 Å². The fourth-order valence-electron chi connectivity index (χ4n) is 4.66. The van der Waals surface area contributed by atoms with Crippen LogP contribution in [0.5, 0.6) is 17.2 Å². The van der Waals surface area contributed by atoms with Crippen molar-refractivity contribution < 1.29 is 33.7 Å². The van der Waals surface area contributed by atoms with Crippen LogP contribution in [0.1, 0.15) is 46.6 Å². The van der Waals surface area contributed by atoms with E-state index in [0.717, 1.165) is 5.56 Å². The number of nitrogens with zero attached hydrogens (tertiary/aromatic N) is 2. The number of carboxylic acids is 1. The van der Waals surface area contributed by atoms with E-state index in [9.17, 15) is 19.5 Å². The van der Waals surface area contributed by atoms with Crippen LogP contribution in [-0.2, 0) is 20.9 Å². The van der Waals surface area contributed by atoms with E-state index in [-0.39, 0.29) is 25.4 Å². The SMILES string of the molecule is CC(C)(C)OC(=O)N1CC(=O)N(c2ccccc2Oc2ccccc2OCc2ccccc2)C[C@H]1CC(C)(C)C(=O)O. The van der Waals surface area contributed by atoms with E-state index in [1.54, 1.807) is 69.9 Å². The molecule has 0 radical (unpaired) electrons. The van der Waals surface area contributed by atoms with Gasteiger partial charge in [-0.2, -0.15) is 0 Å². The van der Waals surface area contributed by atoms with Gasteiger partial charge in [-0.1, -0.05) is 54.6 Å². The van der Waals surface area contributed by atoms with Crippen LogP contribution < -0.4 is 14.4 Å². The van der Waals surface area contributed by atoms with Crippen LogP contribution in [0.2, 0.25) is 0 Å². The van der Waals surface area contributed by atoms with E-state index in [1.807, 2.05) is 48.5 Å². The van der Waals surface area contributed by atoms with Gasteiger partial charge in [-0.25, -0.2) is 4.79 Å². The van der Waals surface area contributed by atoms with Gasteiger partial charge in [-0.05, 0) is 70.9 Å². The molecule has 0 saturated carbocycles. The Morgan fingerprint density at radius 2 is 1.45 bits per heavy atom. The molecule has 1 aliphatic rings. The lowest BCUT2D eigenvalue weighted by Crippen LogP contribution is -2.60. The number of carbonyl (C=O) groups excluding carboxylic acids is 2. The fourth-order valence-corrected chi connectivity index (χ4v) is 4.66. The predicted molar refractivity (Wildman–Crippen MR) is 159 cm³/mol. The number of benzene rings is 3. The largest absolute Gasteiger partial charge is 0.485 e. The third kappa shape index (κ3) is 7.60. The minimum Gasteiger partial charge on any atom is -0.485 e. The Morgan fingerprint density at radius 1 is 0.857 bits per heavy atom. The zero-order valence-corrected chi connectivity index (χ0v) is 24.7. The first-order valence-electron chi connectivity index (χ1n) is 13.9. The number of piperazine rings is 1. The molecule has 0 unspecified atom stereocenters. The lowest BCUT2D eigenvalue weighted by molar-refractivity contribution is -0.148. The predicted octanol–water partition coefficient (Wildman–Crippen LogP) is 6.51. The smallest absolute Gasteiger partial charge is 0.411 e. The first-order valence-corrected chi connectivity index (χ1v) is 13.9. The topological polar surface area (TPSA) is 106 Å². The molecular weight excluding hydrogens is 536 g/mol. The van der Waals surface area contributed by atoms with Crippen molar-refractivity contribution >= 4 is 23.7 Å². The Balaban J connectivity index is 1.61. The number of rotatable bonds is 9. The summed E-state index contributed by atoms with van der Waals surface area (Å²) in [7, 11) is 0. The first kappa shape index (κ1) is 30.4. The van der Waals surface area contributed by atoms with E-state index < -0.39 is 29.1 Å². The van der Waals surface area contributed by atoms with Crippen LogP contribution >= 0.6 is 0 Å². The highest BCUT2D eigenvalue weighted by Crippen LogP contribution is 2.39. The van der Waals surface area contributed by atoms with E-state index in [1.165, 1.54) is 4.90 Å². The van der Waals surface area contributed by atoms with Gasteiger partial charge >= 0.3 is 12.1 Å². The highest BCUT2D eigenvalue weighted by Gasteiger charge is 2.42. The molecular formula is C33H38N2O7. The molecule has 0 aromatic heterocycles. The summed E-state index contributed by atoms with van der Waals surface area (Å²) in [6, 6.07) is 23.6. The van der Waals surface area contributed by atoms with E-state index in [0.29, 0.717) is 29.5 Å². The molecule has 1 aliphatic heterocycles. The molecule has 4 rings (SSSR count). The van der Waals surface area contributed by atoms with Gasteiger partial charge < -0.3 is 24.2 Å². The van der Waals surface area contributed by atoms with Gasteiger partial charge in [0, 0.05) is 6.54 Å². The van der Waals surface area contributed by atoms with Crippen molar-refractivity contribution in [1.29, 1.82) is 0 Å². The summed E-state index contributed by atoms with van der Waals surface area (Å²) in [6.45, 7) is 8.60. The highest BCUT2D eigenvalue weighted by molar-refractivity contribution is 5.99. The second-order valence-electron chi connectivity index (χ2n) is 12.0. The van der Waals surface area contributed by atoms with Gasteiger partial charge in [0.1, 0.15) is 18.8 Å². The summed E-state index contributed by atoms with van der Waals surface area (Å²) >= 11 is 0. The van der Waals surface area contributed by atoms with Crippen molar-refractivity contribution in [2.75, 3.05) is 18.0 Å². The Hall–Kier alpha value is -4.53. The Kier molecular flexibility index (Phi) is 9.09. The van der Waals surface area contributed by atoms with Crippen molar-refractivity contribution in [2.45, 2.75) is 59.3 Å². The number of aliphatic carboxylic acids is 1. The molecule has 222 valence electrons. The quantitative estimate of drug-likeness (QED) is 0.311. The lowest BCUT2D eigenvalue weighted by Gasteiger charge is -2.43. The first-order chi connectivity index (χ1) is 19.8. The number of hydrogen-bond acceptors (Lipinski definition) is 6. The van der Waals surface area contributed by atoms with Crippen LogP contribution in [0.4, 0.5) is 10.5 Å². The number of anilines is 1. The molecule has 0 aliphatic carbocycles. The summed E-state index contributed by atoms with van der Waals surface area (Å²) < 4.78 is 18.0. The van der Waals surface area contributed by atoms with Gasteiger partial charge in [0.15, 0.2) is 17.2 Å². The second kappa shape index (κ2) is 12.5. The Labute approximate surface area is 246 Å². The number of para-hydroxylation sites is 4. The average Bonchev–Trinajstić information content (AvgIpc) is 2.93. The molecule has 1 N–H and O–H groups in total. The molecule has 3 aromatic carbocycles. The molecule has 42 heavy (non-hydrogen) atoms. The van der Waals surface area contributed by atoms with E-state index >= 15 is 0 Å². The molecule has 2 amide bonds. The molecule has 1 heterocycles. The highest BCUT2D eigenvalue weighted by atomic mass is 16.6. The maximum absolute atomic E-state index is 13.5. The normalized spacial score (nSPS) is 15.7. The van der Waals surface area contributed by atoms with Crippen molar-refractivity contribution in [2.24, 2.45) is 5.41 Å². The summed E-state index contributed by atoms with van der Waals surface area (Å²) in [5.41, 5.74) is -0.415. The Bertz CT molecular complexity index is 1420. The third-order valence-corrected chi connectivity index (χ3v) is 6.86. The molecule has 0 bridgehead atoms. The van der Waals surface area contributed by atoms with Crippen LogP contribution in [0, 0.1) is 5.41 Å². The Morgan fingerprint density at radius 3 is 2.10 bits per heavy atom. The average molecular weight is 575 g/mol. The fraction of sp³-hybridized carbons (Fsp3) is 0.364. The van der Waals surface area contributed by atoms with E-state index in [4.69, 9.17) is 14.2 Å². The molecule has 1 saturated heterocycles. The number of amides is 2. The van der Waals surface area contributed by atoms with Gasteiger partial charge in [-0.3, -0.25) is 14.5 Å². The van der Waals surface area contributed by atoms with Crippen molar-refractivity contribution in [3.8, 4) is 17.2 Å². The van der Waals surface area contributed by atoms with Crippen molar-refractivity contribution in [3.05, 3.63) is 84.4 Å². The number of ether oxygens (including phenoxy) is 3. The molecule has 9 nitrogen and oxygen atoms in total. The summed E-state index contributed by atoms with van der Waals surface area (Å²) in [5, 5.41) is 9.82. The van der Waals surface area contributed by atoms with Gasteiger partial charge in [0.25, 0.3) is 0 Å². The van der Waals surface area contributed by atoms with Crippen LogP contribution in [-0.4, -0.2) is 52.7 Å². The van der Waals surface area contributed by atoms with Crippen LogP contribution in [0.15, 0.2) is 78.9 Å². The van der Waals surface area contributed by atoms with Gasteiger partial charge in [-0.15, -0.1) is 0 Å². The summed E-state index contributed by atoms with van der Waals surface area (Å²) in [6.07, 6.45) is -0.541. The number of carbonyl (C=O) groups is 3. The van der Waals surface area contributed by atoms with Gasteiger partial charge in [0.05, 0.1) is 17.1 Å². The van der Waals surface area contributed by atoms with Crippen molar-refractivity contribution in [1.82, 2.24) is 4.90 Å². The monoisotopic (exact) mass is 574 g/mol. The standard InChI is InChI=1S/C33H38N2O7/c1-32(2,3)42-31(39)34-21-29(36)35(20-24(34)19-33(4,5)30(37)38)25-15-9-10-16-26(25)41-28-18-12-11-17-27(28)40-22-23-13-7-6-8-14-23/h6-18,24H,19-22H2,1-5H3,(H,37,38)/t24-/m1/s1. The second-order valence-corrected chi connectivity index (χ2v) is 12.0. The zero-order valence-electron chi connectivity index (χ0n) is 24.7. The van der Waals surface area contributed by atoms with E-state index in [2.05, 4.69) is 0 Å². The maximum Gasteiger partial charge on any atom is 0.411 e. The molecule has 9 heteroatoms. The summed E-state index contributed by atoms with van der Waals surface area (Å²) in [5.74, 6) is 0.104. The molecule has 1 atom stereocenters. The number of carboxylic acid groups (broad SMARTS) is 1.